The van der Waals surface area contributed by atoms with Gasteiger partial charge in [-0.2, -0.15) is 0 Å². The summed E-state index contributed by atoms with van der Waals surface area (Å²) in [6, 6.07) is 5.27. The van der Waals surface area contributed by atoms with Crippen molar-refractivity contribution in [1.82, 2.24) is 0 Å². The molecule has 0 radical (unpaired) electrons. The van der Waals surface area contributed by atoms with E-state index in [1.54, 1.807) is 18.2 Å². The fourth-order valence-electron chi connectivity index (χ4n) is 1.51. The number of Topliss-reactive ketones (excluding diaryl/α,β-unsaturated/α-hetero) is 1. The molecule has 0 saturated heterocycles. The highest BCUT2D eigenvalue weighted by molar-refractivity contribution is 9.09. The Labute approximate surface area is 104 Å². The standard InChI is InChI=1S/C12H15BrO3/c1-2-16-11-5-3-4-9(8-14)12(11)10(15)6-7-13/h3-5,14H,2,6-8H2,1H3. The van der Waals surface area contributed by atoms with Crippen molar-refractivity contribution in [3.05, 3.63) is 29.3 Å². The first-order valence-corrected chi connectivity index (χ1v) is 6.31. The summed E-state index contributed by atoms with van der Waals surface area (Å²) in [6.45, 7) is 2.22. The summed E-state index contributed by atoms with van der Waals surface area (Å²) in [5.74, 6) is 0.546. The maximum atomic E-state index is 11.9. The van der Waals surface area contributed by atoms with E-state index in [4.69, 9.17) is 4.74 Å². The Morgan fingerprint density at radius 2 is 2.25 bits per heavy atom. The first-order chi connectivity index (χ1) is 7.74. The number of alkyl halides is 1. The molecule has 0 atom stereocenters. The fourth-order valence-corrected chi connectivity index (χ4v) is 1.87. The van der Waals surface area contributed by atoms with Gasteiger partial charge in [0.2, 0.25) is 0 Å². The van der Waals surface area contributed by atoms with Crippen LogP contribution in [0.15, 0.2) is 18.2 Å². The van der Waals surface area contributed by atoms with Crippen molar-refractivity contribution in [2.24, 2.45) is 0 Å². The second-order valence-electron chi connectivity index (χ2n) is 3.24. The third kappa shape index (κ3) is 3.06. The lowest BCUT2D eigenvalue weighted by Gasteiger charge is -2.12. The van der Waals surface area contributed by atoms with E-state index in [2.05, 4.69) is 15.9 Å². The van der Waals surface area contributed by atoms with Gasteiger partial charge in [0.05, 0.1) is 18.8 Å². The number of hydrogen-bond acceptors (Lipinski definition) is 3. The number of carbonyl (C=O) groups excluding carboxylic acids is 1. The number of aliphatic hydroxyl groups is 1. The average molecular weight is 287 g/mol. The van der Waals surface area contributed by atoms with Crippen molar-refractivity contribution in [2.75, 3.05) is 11.9 Å². The van der Waals surface area contributed by atoms with Crippen molar-refractivity contribution >= 4 is 21.7 Å². The van der Waals surface area contributed by atoms with Gasteiger partial charge in [0, 0.05) is 11.8 Å². The summed E-state index contributed by atoms with van der Waals surface area (Å²) in [5, 5.41) is 9.82. The van der Waals surface area contributed by atoms with Crippen molar-refractivity contribution in [2.45, 2.75) is 20.0 Å². The SMILES string of the molecule is CCOc1cccc(CO)c1C(=O)CCBr. The molecule has 0 saturated carbocycles. The highest BCUT2D eigenvalue weighted by Crippen LogP contribution is 2.24. The van der Waals surface area contributed by atoms with Crippen LogP contribution in [0.2, 0.25) is 0 Å². The van der Waals surface area contributed by atoms with Crippen LogP contribution in [-0.4, -0.2) is 22.8 Å². The van der Waals surface area contributed by atoms with E-state index < -0.39 is 0 Å². The molecule has 0 aliphatic carbocycles. The van der Waals surface area contributed by atoms with Crippen LogP contribution in [0.3, 0.4) is 0 Å². The molecule has 0 aliphatic heterocycles. The Hall–Kier alpha value is -0.870. The highest BCUT2D eigenvalue weighted by Gasteiger charge is 2.16. The molecule has 0 aliphatic rings. The second kappa shape index (κ2) is 6.66. The minimum Gasteiger partial charge on any atom is -0.493 e. The first-order valence-electron chi connectivity index (χ1n) is 5.19. The van der Waals surface area contributed by atoms with Gasteiger partial charge in [0.25, 0.3) is 0 Å². The molecule has 3 nitrogen and oxygen atoms in total. The maximum absolute atomic E-state index is 11.9. The lowest BCUT2D eigenvalue weighted by atomic mass is 10.0. The van der Waals surface area contributed by atoms with Gasteiger partial charge in [-0.05, 0) is 18.6 Å². The average Bonchev–Trinajstić information content (AvgIpc) is 2.29. The minimum atomic E-state index is -0.149. The smallest absolute Gasteiger partial charge is 0.167 e. The Morgan fingerprint density at radius 1 is 1.50 bits per heavy atom. The number of rotatable bonds is 6. The maximum Gasteiger partial charge on any atom is 0.167 e. The van der Waals surface area contributed by atoms with E-state index in [-0.39, 0.29) is 12.4 Å². The van der Waals surface area contributed by atoms with Gasteiger partial charge in [-0.25, -0.2) is 0 Å². The predicted octanol–water partition coefficient (Wildman–Crippen LogP) is 2.55. The van der Waals surface area contributed by atoms with Gasteiger partial charge in [-0.3, -0.25) is 4.79 Å². The molecule has 0 heterocycles. The summed E-state index contributed by atoms with van der Waals surface area (Å²) in [7, 11) is 0. The predicted molar refractivity (Wildman–Crippen MR) is 66.3 cm³/mol. The number of benzene rings is 1. The molecule has 0 unspecified atom stereocenters. The highest BCUT2D eigenvalue weighted by atomic mass is 79.9. The minimum absolute atomic E-state index is 0.00928. The Kier molecular flexibility index (Phi) is 5.49. The van der Waals surface area contributed by atoms with Crippen molar-refractivity contribution in [3.63, 3.8) is 0 Å². The van der Waals surface area contributed by atoms with E-state index in [0.29, 0.717) is 35.2 Å². The van der Waals surface area contributed by atoms with E-state index >= 15 is 0 Å². The Bertz CT molecular complexity index is 363. The molecule has 1 aromatic carbocycles. The van der Waals surface area contributed by atoms with Crippen molar-refractivity contribution in [3.8, 4) is 5.75 Å². The van der Waals surface area contributed by atoms with E-state index in [1.165, 1.54) is 0 Å². The van der Waals surface area contributed by atoms with Crippen LogP contribution >= 0.6 is 15.9 Å². The molecule has 0 bridgehead atoms. The summed E-state index contributed by atoms with van der Waals surface area (Å²) in [4.78, 5) is 11.9. The number of carbonyl (C=O) groups is 1. The van der Waals surface area contributed by atoms with E-state index in [1.807, 2.05) is 6.92 Å². The van der Waals surface area contributed by atoms with Crippen LogP contribution in [0.1, 0.15) is 29.3 Å². The molecule has 1 aromatic rings. The van der Waals surface area contributed by atoms with Crippen LogP contribution in [0, 0.1) is 0 Å². The number of ether oxygens (including phenoxy) is 1. The monoisotopic (exact) mass is 286 g/mol. The molecular formula is C12H15BrO3. The lowest BCUT2D eigenvalue weighted by Crippen LogP contribution is -2.08. The molecule has 88 valence electrons. The van der Waals surface area contributed by atoms with Gasteiger partial charge in [0.15, 0.2) is 5.78 Å². The molecule has 4 heteroatoms. The van der Waals surface area contributed by atoms with Gasteiger partial charge >= 0.3 is 0 Å². The normalized spacial score (nSPS) is 10.2. The summed E-state index contributed by atoms with van der Waals surface area (Å²) < 4.78 is 5.40. The summed E-state index contributed by atoms with van der Waals surface area (Å²) in [6.07, 6.45) is 0.400. The lowest BCUT2D eigenvalue weighted by molar-refractivity contribution is 0.0983. The second-order valence-corrected chi connectivity index (χ2v) is 4.04. The van der Waals surface area contributed by atoms with Gasteiger partial charge < -0.3 is 9.84 Å². The third-order valence-corrected chi connectivity index (χ3v) is 2.58. The molecule has 1 rings (SSSR count). The number of hydrogen-bond donors (Lipinski definition) is 1. The van der Waals surface area contributed by atoms with Crippen LogP contribution < -0.4 is 4.74 Å². The molecular weight excluding hydrogens is 272 g/mol. The molecule has 0 aromatic heterocycles. The number of aliphatic hydroxyl groups excluding tert-OH is 1. The summed E-state index contributed by atoms with van der Waals surface area (Å²) >= 11 is 3.23. The van der Waals surface area contributed by atoms with Crippen LogP contribution in [-0.2, 0) is 6.61 Å². The largest absolute Gasteiger partial charge is 0.493 e. The molecule has 0 fully saturated rings. The number of ketones is 1. The van der Waals surface area contributed by atoms with Crippen molar-refractivity contribution < 1.29 is 14.6 Å². The van der Waals surface area contributed by atoms with Gasteiger partial charge in [0.1, 0.15) is 5.75 Å². The van der Waals surface area contributed by atoms with E-state index in [9.17, 15) is 9.90 Å². The fraction of sp³-hybridized carbons (Fsp3) is 0.417. The topological polar surface area (TPSA) is 46.5 Å². The van der Waals surface area contributed by atoms with Crippen molar-refractivity contribution in [1.29, 1.82) is 0 Å². The zero-order chi connectivity index (χ0) is 12.0. The van der Waals surface area contributed by atoms with E-state index in [0.717, 1.165) is 0 Å². The Balaban J connectivity index is 3.13. The number of halogens is 1. The zero-order valence-corrected chi connectivity index (χ0v) is 10.8. The Morgan fingerprint density at radius 3 is 2.81 bits per heavy atom. The zero-order valence-electron chi connectivity index (χ0n) is 9.20. The van der Waals surface area contributed by atoms with Crippen LogP contribution in [0.5, 0.6) is 5.75 Å². The van der Waals surface area contributed by atoms with Crippen LogP contribution in [0.25, 0.3) is 0 Å². The third-order valence-electron chi connectivity index (χ3n) is 2.18. The first kappa shape index (κ1) is 13.2. The molecule has 1 N–H and O–H groups in total. The molecule has 16 heavy (non-hydrogen) atoms. The quantitative estimate of drug-likeness (QED) is 0.646. The van der Waals surface area contributed by atoms with Gasteiger partial charge in [-0.1, -0.05) is 28.1 Å². The van der Waals surface area contributed by atoms with Crippen LogP contribution in [0.4, 0.5) is 0 Å². The molecule has 0 spiro atoms. The summed E-state index contributed by atoms with van der Waals surface area (Å²) in [5.41, 5.74) is 1.13. The molecule has 0 amide bonds. The van der Waals surface area contributed by atoms with Gasteiger partial charge in [-0.15, -0.1) is 0 Å².